The van der Waals surface area contributed by atoms with Crippen LogP contribution in [0.3, 0.4) is 0 Å². The van der Waals surface area contributed by atoms with Crippen molar-refractivity contribution in [3.63, 3.8) is 0 Å². The van der Waals surface area contributed by atoms with Gasteiger partial charge >= 0.3 is 12.4 Å². The Morgan fingerprint density at radius 3 is 1.29 bits per heavy atom. The van der Waals surface area contributed by atoms with Gasteiger partial charge in [0.1, 0.15) is 17.2 Å². The first kappa shape index (κ1) is 27.1. The largest absolute Gasteiger partial charge is 0.497 e. The van der Waals surface area contributed by atoms with E-state index in [0.717, 1.165) is 65.2 Å². The van der Waals surface area contributed by atoms with Crippen molar-refractivity contribution in [1.82, 2.24) is 0 Å². The van der Waals surface area contributed by atoms with E-state index >= 15 is 0 Å². The summed E-state index contributed by atoms with van der Waals surface area (Å²) >= 11 is 0. The minimum atomic E-state index is -5.67. The molecule has 38 heavy (non-hydrogen) atoms. The van der Waals surface area contributed by atoms with E-state index in [0.29, 0.717) is 12.2 Å². The number of benzene rings is 4. The zero-order chi connectivity index (χ0) is 27.6. The smallest absolute Gasteiger partial charge is 0.411 e. The second kappa shape index (κ2) is 10.4. The van der Waals surface area contributed by atoms with Crippen LogP contribution in [0.1, 0.15) is 27.8 Å². The molecular weight excluding hydrogens is 506 g/mol. The third kappa shape index (κ3) is 5.35. The third-order valence-electron chi connectivity index (χ3n) is 6.35. The van der Waals surface area contributed by atoms with E-state index in [-0.39, 0.29) is 11.5 Å². The van der Waals surface area contributed by atoms with Crippen molar-refractivity contribution >= 4 is 0 Å². The Hall–Kier alpha value is -3.94. The van der Waals surface area contributed by atoms with Crippen molar-refractivity contribution in [2.45, 2.75) is 31.1 Å². The van der Waals surface area contributed by atoms with Gasteiger partial charge in [0.25, 0.3) is 0 Å². The van der Waals surface area contributed by atoms with Gasteiger partial charge in [-0.3, -0.25) is 0 Å². The SMILES string of the molecule is COc1ccc(C(c2ccc(Oc3ccc(Cc4ccc(C)cc4)cc3)cc2)(C(F)(F)F)C(F)(F)F)cc1. The second-order valence-corrected chi connectivity index (χ2v) is 8.91. The van der Waals surface area contributed by atoms with Gasteiger partial charge < -0.3 is 9.47 Å². The van der Waals surface area contributed by atoms with Gasteiger partial charge in [-0.25, -0.2) is 0 Å². The van der Waals surface area contributed by atoms with Gasteiger partial charge in [0.05, 0.1) is 7.11 Å². The van der Waals surface area contributed by atoms with Crippen LogP contribution in [0, 0.1) is 6.92 Å². The van der Waals surface area contributed by atoms with Gasteiger partial charge in [0.2, 0.25) is 5.41 Å². The van der Waals surface area contributed by atoms with E-state index in [4.69, 9.17) is 9.47 Å². The zero-order valence-electron chi connectivity index (χ0n) is 20.5. The fourth-order valence-corrected chi connectivity index (χ4v) is 4.35. The van der Waals surface area contributed by atoms with Crippen molar-refractivity contribution < 1.29 is 35.8 Å². The number of halogens is 6. The molecule has 0 aliphatic heterocycles. The maximum Gasteiger partial charge on any atom is 0.411 e. The standard InChI is InChI=1S/C30H24F6O2/c1-20-3-5-21(6-4-20)19-22-7-13-26(14-8-22)38-27-17-11-24(12-18-27)28(29(31,32)33,30(34,35)36)23-9-15-25(37-2)16-10-23/h3-18H,19H2,1-2H3. The van der Waals surface area contributed by atoms with Crippen molar-refractivity contribution in [3.8, 4) is 17.2 Å². The Labute approximate surface area is 216 Å². The Bertz CT molecular complexity index is 1330. The molecule has 0 saturated heterocycles. The molecule has 0 saturated carbocycles. The molecule has 4 rings (SSSR count). The predicted molar refractivity (Wildman–Crippen MR) is 133 cm³/mol. The average molecular weight is 531 g/mol. The second-order valence-electron chi connectivity index (χ2n) is 8.91. The summed E-state index contributed by atoms with van der Waals surface area (Å²) in [5.74, 6) is 0.645. The van der Waals surface area contributed by atoms with Crippen molar-refractivity contribution in [2.75, 3.05) is 7.11 Å². The van der Waals surface area contributed by atoms with Crippen LogP contribution >= 0.6 is 0 Å². The van der Waals surface area contributed by atoms with E-state index in [1.54, 1.807) is 12.1 Å². The Kier molecular flexibility index (Phi) is 7.44. The molecule has 0 unspecified atom stereocenters. The normalized spacial score (nSPS) is 12.3. The average Bonchev–Trinajstić information content (AvgIpc) is 2.87. The molecule has 0 amide bonds. The number of hydrogen-bond acceptors (Lipinski definition) is 2. The van der Waals surface area contributed by atoms with Crippen LogP contribution in [0.25, 0.3) is 0 Å². The zero-order valence-corrected chi connectivity index (χ0v) is 20.5. The van der Waals surface area contributed by atoms with E-state index in [9.17, 15) is 26.3 Å². The topological polar surface area (TPSA) is 18.5 Å². The molecule has 0 heterocycles. The summed E-state index contributed by atoms with van der Waals surface area (Å²) in [4.78, 5) is 0. The minimum absolute atomic E-state index is 0.105. The lowest BCUT2D eigenvalue weighted by molar-refractivity contribution is -0.288. The molecule has 0 aromatic heterocycles. The predicted octanol–water partition coefficient (Wildman–Crippen LogP) is 8.80. The van der Waals surface area contributed by atoms with Crippen molar-refractivity contribution in [1.29, 1.82) is 0 Å². The molecule has 0 fully saturated rings. The fraction of sp³-hybridized carbons (Fsp3) is 0.200. The molecule has 0 aliphatic rings. The van der Waals surface area contributed by atoms with Gasteiger partial charge in [0, 0.05) is 0 Å². The van der Waals surface area contributed by atoms with Crippen LogP contribution in [-0.4, -0.2) is 19.5 Å². The number of aryl methyl sites for hydroxylation is 1. The van der Waals surface area contributed by atoms with Crippen molar-refractivity contribution in [2.24, 2.45) is 0 Å². The number of ether oxygens (including phenoxy) is 2. The van der Waals surface area contributed by atoms with Crippen LogP contribution in [0.4, 0.5) is 26.3 Å². The molecule has 0 radical (unpaired) electrons. The van der Waals surface area contributed by atoms with Crippen LogP contribution in [0.2, 0.25) is 0 Å². The monoisotopic (exact) mass is 530 g/mol. The van der Waals surface area contributed by atoms with Gasteiger partial charge in [0.15, 0.2) is 0 Å². The van der Waals surface area contributed by atoms with Crippen LogP contribution < -0.4 is 9.47 Å². The van der Waals surface area contributed by atoms with Gasteiger partial charge in [-0.15, -0.1) is 0 Å². The molecule has 0 atom stereocenters. The maximum atomic E-state index is 14.3. The van der Waals surface area contributed by atoms with Crippen LogP contribution in [-0.2, 0) is 11.8 Å². The van der Waals surface area contributed by atoms with Gasteiger partial charge in [-0.1, -0.05) is 66.2 Å². The highest BCUT2D eigenvalue weighted by Gasteiger charge is 2.72. The van der Waals surface area contributed by atoms with E-state index in [1.165, 1.54) is 7.11 Å². The number of methoxy groups -OCH3 is 1. The lowest BCUT2D eigenvalue weighted by Crippen LogP contribution is -2.54. The van der Waals surface area contributed by atoms with Crippen LogP contribution in [0.5, 0.6) is 17.2 Å². The molecule has 0 aliphatic carbocycles. The Balaban J connectivity index is 1.60. The van der Waals surface area contributed by atoms with Gasteiger partial charge in [-0.2, -0.15) is 26.3 Å². The lowest BCUT2D eigenvalue weighted by atomic mass is 9.73. The first-order valence-electron chi connectivity index (χ1n) is 11.6. The van der Waals surface area contributed by atoms with E-state index < -0.39 is 28.9 Å². The minimum Gasteiger partial charge on any atom is -0.497 e. The first-order chi connectivity index (χ1) is 17.9. The fourth-order valence-electron chi connectivity index (χ4n) is 4.35. The maximum absolute atomic E-state index is 14.3. The third-order valence-corrected chi connectivity index (χ3v) is 6.35. The molecule has 0 N–H and O–H groups in total. The Morgan fingerprint density at radius 1 is 0.526 bits per heavy atom. The summed E-state index contributed by atoms with van der Waals surface area (Å²) in [6.07, 6.45) is -10.6. The molecular formula is C30H24F6O2. The Morgan fingerprint density at radius 2 is 0.895 bits per heavy atom. The molecule has 0 bridgehead atoms. The number of rotatable bonds is 7. The highest BCUT2D eigenvalue weighted by molar-refractivity contribution is 5.47. The van der Waals surface area contributed by atoms with Gasteiger partial charge in [-0.05, 0) is 72.0 Å². The quantitative estimate of drug-likeness (QED) is 0.222. The molecule has 0 spiro atoms. The summed E-state index contributed by atoms with van der Waals surface area (Å²) in [6, 6.07) is 22.7. The summed E-state index contributed by atoms with van der Waals surface area (Å²) < 4.78 is 96.4. The molecule has 198 valence electrons. The molecule has 8 heteroatoms. The molecule has 4 aromatic rings. The molecule has 4 aromatic carbocycles. The molecule has 2 nitrogen and oxygen atoms in total. The number of alkyl halides is 6. The first-order valence-corrected chi connectivity index (χ1v) is 11.6. The van der Waals surface area contributed by atoms with Crippen molar-refractivity contribution in [3.05, 3.63) is 125 Å². The van der Waals surface area contributed by atoms with Crippen LogP contribution in [0.15, 0.2) is 97.1 Å². The highest BCUT2D eigenvalue weighted by Crippen LogP contribution is 2.56. The van der Waals surface area contributed by atoms with E-state index in [1.807, 2.05) is 43.3 Å². The summed E-state index contributed by atoms with van der Waals surface area (Å²) in [5, 5.41) is 0. The summed E-state index contributed by atoms with van der Waals surface area (Å²) in [6.45, 7) is 2.01. The van der Waals surface area contributed by atoms with E-state index in [2.05, 4.69) is 0 Å². The summed E-state index contributed by atoms with van der Waals surface area (Å²) in [7, 11) is 1.27. The highest BCUT2D eigenvalue weighted by atomic mass is 19.4. The number of hydrogen-bond donors (Lipinski definition) is 0. The summed E-state index contributed by atoms with van der Waals surface area (Å²) in [5.41, 5.74) is -2.84. The lowest BCUT2D eigenvalue weighted by Gasteiger charge is -2.38.